The summed E-state index contributed by atoms with van der Waals surface area (Å²) in [5.41, 5.74) is 3.82. The molecule has 16 heavy (non-hydrogen) atoms. The Labute approximate surface area is 94.3 Å². The topological polar surface area (TPSA) is 29.4 Å². The van der Waals surface area contributed by atoms with Crippen LogP contribution in [0.15, 0.2) is 53.5 Å². The molecular formula is C14H11NO. The van der Waals surface area contributed by atoms with Crippen LogP contribution in [0.2, 0.25) is 0 Å². The highest BCUT2D eigenvalue weighted by molar-refractivity contribution is 5.77. The lowest BCUT2D eigenvalue weighted by molar-refractivity contribution is 0.565. The lowest BCUT2D eigenvalue weighted by Crippen LogP contribution is -1.80. The van der Waals surface area contributed by atoms with E-state index in [2.05, 4.69) is 4.99 Å². The maximum absolute atomic E-state index is 10.4. The van der Waals surface area contributed by atoms with Gasteiger partial charge in [-0.3, -0.25) is 0 Å². The third-order valence-electron chi connectivity index (χ3n) is 2.40. The Morgan fingerprint density at radius 3 is 2.50 bits per heavy atom. The van der Waals surface area contributed by atoms with Gasteiger partial charge in [-0.2, -0.15) is 4.99 Å². The second kappa shape index (κ2) is 4.56. The molecule has 0 heterocycles. The van der Waals surface area contributed by atoms with E-state index >= 15 is 0 Å². The molecule has 0 amide bonds. The first-order chi connectivity index (χ1) is 7.81. The number of nitrogens with zero attached hydrogens (tertiary/aromatic N) is 1. The molecule has 0 N–H and O–H groups in total. The summed E-state index contributed by atoms with van der Waals surface area (Å²) < 4.78 is 0. The third kappa shape index (κ3) is 2.08. The maximum Gasteiger partial charge on any atom is 0.240 e. The van der Waals surface area contributed by atoms with E-state index in [4.69, 9.17) is 0 Å². The lowest BCUT2D eigenvalue weighted by Gasteiger charge is -2.05. The Balaban J connectivity index is 2.62. The number of benzene rings is 2. The molecule has 0 aliphatic carbocycles. The minimum absolute atomic E-state index is 0.659. The minimum atomic E-state index is 0.659. The summed E-state index contributed by atoms with van der Waals surface area (Å²) in [6, 6.07) is 15.7. The van der Waals surface area contributed by atoms with E-state index in [9.17, 15) is 4.79 Å². The van der Waals surface area contributed by atoms with Gasteiger partial charge in [-0.05, 0) is 24.6 Å². The van der Waals surface area contributed by atoms with Crippen molar-refractivity contribution in [1.82, 2.24) is 0 Å². The standard InChI is InChI=1S/C14H11NO/c1-11-7-8-14(15-10-16)13(9-11)12-5-3-2-4-6-12/h2-9H,1H3. The molecule has 0 saturated heterocycles. The van der Waals surface area contributed by atoms with E-state index in [1.54, 1.807) is 6.08 Å². The van der Waals surface area contributed by atoms with Crippen LogP contribution in [0, 0.1) is 6.92 Å². The molecule has 2 rings (SSSR count). The monoisotopic (exact) mass is 209 g/mol. The zero-order valence-corrected chi connectivity index (χ0v) is 8.97. The van der Waals surface area contributed by atoms with Gasteiger partial charge in [-0.15, -0.1) is 0 Å². The molecule has 0 fully saturated rings. The number of hydrogen-bond donors (Lipinski definition) is 0. The molecule has 0 radical (unpaired) electrons. The quantitative estimate of drug-likeness (QED) is 0.548. The highest BCUT2D eigenvalue weighted by atomic mass is 16.1. The van der Waals surface area contributed by atoms with E-state index in [1.165, 1.54) is 0 Å². The molecule has 2 heteroatoms. The molecule has 0 spiro atoms. The van der Waals surface area contributed by atoms with Crippen molar-refractivity contribution in [2.75, 3.05) is 0 Å². The molecule has 2 aromatic rings. The van der Waals surface area contributed by atoms with E-state index in [0.29, 0.717) is 5.69 Å². The van der Waals surface area contributed by atoms with E-state index in [1.807, 2.05) is 55.5 Å². The van der Waals surface area contributed by atoms with Gasteiger partial charge in [0, 0.05) is 5.56 Å². The first kappa shape index (κ1) is 10.3. The van der Waals surface area contributed by atoms with Crippen molar-refractivity contribution in [2.45, 2.75) is 6.92 Å². The van der Waals surface area contributed by atoms with Crippen molar-refractivity contribution in [1.29, 1.82) is 0 Å². The first-order valence-electron chi connectivity index (χ1n) is 5.05. The fourth-order valence-electron chi connectivity index (χ4n) is 1.65. The summed E-state index contributed by atoms with van der Waals surface area (Å²) >= 11 is 0. The number of aryl methyl sites for hydroxylation is 1. The normalized spacial score (nSPS) is 9.56. The van der Waals surface area contributed by atoms with Crippen molar-refractivity contribution in [2.24, 2.45) is 4.99 Å². The van der Waals surface area contributed by atoms with Crippen LogP contribution >= 0.6 is 0 Å². The van der Waals surface area contributed by atoms with Crippen molar-refractivity contribution < 1.29 is 4.79 Å². The molecular weight excluding hydrogens is 198 g/mol. The summed E-state index contributed by atoms with van der Waals surface area (Å²) in [6.45, 7) is 2.01. The SMILES string of the molecule is Cc1ccc(N=C=O)c(-c2ccccc2)c1. The first-order valence-corrected chi connectivity index (χ1v) is 5.05. The summed E-state index contributed by atoms with van der Waals surface area (Å²) in [5, 5.41) is 0. The number of carbonyl (C=O) groups excluding carboxylic acids is 1. The smallest absolute Gasteiger partial charge is 0.211 e. The largest absolute Gasteiger partial charge is 0.240 e. The van der Waals surface area contributed by atoms with Gasteiger partial charge in [0.1, 0.15) is 0 Å². The van der Waals surface area contributed by atoms with Gasteiger partial charge in [0.25, 0.3) is 0 Å². The van der Waals surface area contributed by atoms with Crippen LogP contribution in [-0.2, 0) is 4.79 Å². The van der Waals surface area contributed by atoms with Gasteiger partial charge >= 0.3 is 0 Å². The average Bonchev–Trinajstić information content (AvgIpc) is 2.33. The van der Waals surface area contributed by atoms with Crippen LogP contribution in [0.25, 0.3) is 11.1 Å². The highest BCUT2D eigenvalue weighted by Gasteiger charge is 2.03. The van der Waals surface area contributed by atoms with Crippen LogP contribution in [0.4, 0.5) is 5.69 Å². The van der Waals surface area contributed by atoms with Crippen LogP contribution in [0.3, 0.4) is 0 Å². The molecule has 0 aliphatic heterocycles. The zero-order chi connectivity index (χ0) is 11.4. The van der Waals surface area contributed by atoms with Crippen molar-refractivity contribution in [3.63, 3.8) is 0 Å². The highest BCUT2D eigenvalue weighted by Crippen LogP contribution is 2.30. The van der Waals surface area contributed by atoms with Gasteiger partial charge in [0.15, 0.2) is 0 Å². The van der Waals surface area contributed by atoms with Crippen molar-refractivity contribution in [3.05, 3.63) is 54.1 Å². The van der Waals surface area contributed by atoms with Crippen molar-refractivity contribution in [3.8, 4) is 11.1 Å². The van der Waals surface area contributed by atoms with Crippen molar-refractivity contribution >= 4 is 11.8 Å². The van der Waals surface area contributed by atoms with E-state index in [-0.39, 0.29) is 0 Å². The van der Waals surface area contributed by atoms with Gasteiger partial charge < -0.3 is 0 Å². The van der Waals surface area contributed by atoms with Gasteiger partial charge in [0.2, 0.25) is 6.08 Å². The fraction of sp³-hybridized carbons (Fsp3) is 0.0714. The zero-order valence-electron chi connectivity index (χ0n) is 8.97. The van der Waals surface area contributed by atoms with E-state index < -0.39 is 0 Å². The second-order valence-electron chi connectivity index (χ2n) is 3.59. The second-order valence-corrected chi connectivity index (χ2v) is 3.59. The molecule has 0 aliphatic rings. The molecule has 0 unspecified atom stereocenters. The van der Waals surface area contributed by atoms with Crippen LogP contribution in [-0.4, -0.2) is 6.08 Å². The minimum Gasteiger partial charge on any atom is -0.211 e. The Bertz CT molecular complexity index is 540. The van der Waals surface area contributed by atoms with Crippen LogP contribution in [0.5, 0.6) is 0 Å². The molecule has 0 aromatic heterocycles. The molecule has 0 saturated carbocycles. The van der Waals surface area contributed by atoms with Gasteiger partial charge in [0.05, 0.1) is 5.69 Å². The molecule has 2 nitrogen and oxygen atoms in total. The lowest BCUT2D eigenvalue weighted by atomic mass is 10.0. The fourth-order valence-corrected chi connectivity index (χ4v) is 1.65. The van der Waals surface area contributed by atoms with Gasteiger partial charge in [-0.25, -0.2) is 4.79 Å². The summed E-state index contributed by atoms with van der Waals surface area (Å²) in [5.74, 6) is 0. The van der Waals surface area contributed by atoms with Gasteiger partial charge in [-0.1, -0.05) is 42.0 Å². The average molecular weight is 209 g/mol. The molecule has 2 aromatic carbocycles. The molecule has 78 valence electrons. The number of isocyanates is 1. The summed E-state index contributed by atoms with van der Waals surface area (Å²) in [4.78, 5) is 14.1. The Morgan fingerprint density at radius 2 is 1.81 bits per heavy atom. The molecule has 0 bridgehead atoms. The Hall–Kier alpha value is -2.18. The predicted molar refractivity (Wildman–Crippen MR) is 64.4 cm³/mol. The van der Waals surface area contributed by atoms with Crippen LogP contribution < -0.4 is 0 Å². The Kier molecular flexibility index (Phi) is 2.95. The number of hydrogen-bond acceptors (Lipinski definition) is 2. The number of aliphatic imine (C=N–C) groups is 1. The molecule has 0 atom stereocenters. The Morgan fingerprint density at radius 1 is 1.06 bits per heavy atom. The predicted octanol–water partition coefficient (Wildman–Crippen LogP) is 3.63. The number of rotatable bonds is 2. The van der Waals surface area contributed by atoms with E-state index in [0.717, 1.165) is 16.7 Å². The summed E-state index contributed by atoms with van der Waals surface area (Å²) in [7, 11) is 0. The van der Waals surface area contributed by atoms with Crippen LogP contribution in [0.1, 0.15) is 5.56 Å². The summed E-state index contributed by atoms with van der Waals surface area (Å²) in [6.07, 6.45) is 1.59. The third-order valence-corrected chi connectivity index (χ3v) is 2.40. The maximum atomic E-state index is 10.4.